The zero-order valence-electron chi connectivity index (χ0n) is 10.6. The topological polar surface area (TPSA) is 64.3 Å². The molecule has 0 atom stereocenters. The fourth-order valence-electron chi connectivity index (χ4n) is 1.68. The molecule has 0 aliphatic carbocycles. The van der Waals surface area contributed by atoms with Crippen LogP contribution in [0.3, 0.4) is 0 Å². The molecule has 0 radical (unpaired) electrons. The molecule has 20 heavy (non-hydrogen) atoms. The van der Waals surface area contributed by atoms with Gasteiger partial charge in [-0.15, -0.1) is 0 Å². The summed E-state index contributed by atoms with van der Waals surface area (Å²) in [4.78, 5) is 12.3. The molecule has 104 valence electrons. The minimum absolute atomic E-state index is 0.319. The number of methoxy groups -OCH3 is 1. The molecule has 0 fully saturated rings. The summed E-state index contributed by atoms with van der Waals surface area (Å²) >= 11 is 11.8. The maximum Gasteiger partial charge on any atom is 0.259 e. The van der Waals surface area contributed by atoms with Crippen LogP contribution in [-0.2, 0) is 0 Å². The molecule has 1 amide bonds. The number of carbonyl (C=O) groups excluding carboxylic acids is 1. The van der Waals surface area contributed by atoms with Crippen molar-refractivity contribution in [3.05, 3.63) is 52.0 Å². The lowest BCUT2D eigenvalue weighted by atomic mass is 10.1. The number of halogens is 2. The molecule has 2 rings (SSSR count). The first-order chi connectivity index (χ1) is 9.51. The van der Waals surface area contributed by atoms with E-state index < -0.39 is 0 Å². The van der Waals surface area contributed by atoms with Gasteiger partial charge in [0.15, 0.2) is 0 Å². The van der Waals surface area contributed by atoms with E-state index in [2.05, 4.69) is 5.32 Å². The molecule has 4 nitrogen and oxygen atoms in total. The van der Waals surface area contributed by atoms with Crippen molar-refractivity contribution in [3.8, 4) is 5.75 Å². The Morgan fingerprint density at radius 2 is 1.80 bits per heavy atom. The van der Waals surface area contributed by atoms with Crippen LogP contribution in [0, 0.1) is 0 Å². The maximum absolute atomic E-state index is 12.3. The molecule has 0 saturated carbocycles. The molecule has 0 saturated heterocycles. The van der Waals surface area contributed by atoms with E-state index in [0.29, 0.717) is 32.7 Å². The number of benzene rings is 2. The van der Waals surface area contributed by atoms with Crippen LogP contribution < -0.4 is 15.8 Å². The fraction of sp³-hybridized carbons (Fsp3) is 0.0714. The SMILES string of the molecule is COc1ccc(Cl)cc1C(=O)Nc1cc(Cl)ccc1N. The van der Waals surface area contributed by atoms with Gasteiger partial charge in [-0.25, -0.2) is 0 Å². The third-order valence-corrected chi connectivity index (χ3v) is 3.14. The van der Waals surface area contributed by atoms with E-state index in [9.17, 15) is 4.79 Å². The van der Waals surface area contributed by atoms with Gasteiger partial charge < -0.3 is 15.8 Å². The average Bonchev–Trinajstić information content (AvgIpc) is 2.42. The van der Waals surface area contributed by atoms with E-state index >= 15 is 0 Å². The Bertz CT molecular complexity index is 660. The van der Waals surface area contributed by atoms with Crippen molar-refractivity contribution in [1.82, 2.24) is 0 Å². The fourth-order valence-corrected chi connectivity index (χ4v) is 2.03. The highest BCUT2D eigenvalue weighted by molar-refractivity contribution is 6.31. The first kappa shape index (κ1) is 14.5. The van der Waals surface area contributed by atoms with Crippen molar-refractivity contribution >= 4 is 40.5 Å². The number of nitrogens with one attached hydrogen (secondary N) is 1. The number of ether oxygens (including phenoxy) is 1. The molecule has 0 aliphatic heterocycles. The molecule has 0 heterocycles. The lowest BCUT2D eigenvalue weighted by molar-refractivity contribution is 0.102. The summed E-state index contributed by atoms with van der Waals surface area (Å²) in [5, 5.41) is 3.60. The van der Waals surface area contributed by atoms with Gasteiger partial charge in [0.05, 0.1) is 24.0 Å². The molecular weight excluding hydrogens is 299 g/mol. The van der Waals surface area contributed by atoms with Gasteiger partial charge in [0.25, 0.3) is 5.91 Å². The Kier molecular flexibility index (Phi) is 4.37. The number of hydrogen-bond acceptors (Lipinski definition) is 3. The summed E-state index contributed by atoms with van der Waals surface area (Å²) in [6.45, 7) is 0. The molecule has 2 aromatic rings. The van der Waals surface area contributed by atoms with E-state index in [1.54, 1.807) is 30.3 Å². The lowest BCUT2D eigenvalue weighted by Crippen LogP contribution is -2.14. The highest BCUT2D eigenvalue weighted by atomic mass is 35.5. The zero-order valence-corrected chi connectivity index (χ0v) is 12.1. The summed E-state index contributed by atoms with van der Waals surface area (Å²) in [5.74, 6) is 0.0471. The van der Waals surface area contributed by atoms with Crippen LogP contribution >= 0.6 is 23.2 Å². The summed E-state index contributed by atoms with van der Waals surface area (Å²) < 4.78 is 5.14. The first-order valence-electron chi connectivity index (χ1n) is 5.71. The van der Waals surface area contributed by atoms with Gasteiger partial charge in [0.2, 0.25) is 0 Å². The Morgan fingerprint density at radius 1 is 1.15 bits per heavy atom. The number of nitrogens with two attached hydrogens (primary N) is 1. The van der Waals surface area contributed by atoms with Crippen LogP contribution in [-0.4, -0.2) is 13.0 Å². The Hall–Kier alpha value is -1.91. The van der Waals surface area contributed by atoms with Gasteiger partial charge >= 0.3 is 0 Å². The van der Waals surface area contributed by atoms with Gasteiger partial charge in [0, 0.05) is 10.0 Å². The minimum Gasteiger partial charge on any atom is -0.496 e. The van der Waals surface area contributed by atoms with Gasteiger partial charge in [-0.2, -0.15) is 0 Å². The normalized spacial score (nSPS) is 10.2. The summed E-state index contributed by atoms with van der Waals surface area (Å²) in [6, 6.07) is 9.63. The number of carbonyl (C=O) groups is 1. The van der Waals surface area contributed by atoms with Crippen molar-refractivity contribution in [2.24, 2.45) is 0 Å². The number of nitrogen functional groups attached to an aromatic ring is 1. The van der Waals surface area contributed by atoms with Crippen LogP contribution in [0.4, 0.5) is 11.4 Å². The van der Waals surface area contributed by atoms with Crippen LogP contribution in [0.15, 0.2) is 36.4 Å². The molecule has 6 heteroatoms. The molecule has 0 aliphatic rings. The van der Waals surface area contributed by atoms with Crippen molar-refractivity contribution in [2.75, 3.05) is 18.2 Å². The van der Waals surface area contributed by atoms with Crippen LogP contribution in [0.2, 0.25) is 10.0 Å². The summed E-state index contributed by atoms with van der Waals surface area (Å²) in [5.41, 5.74) is 6.96. The van der Waals surface area contributed by atoms with E-state index in [1.807, 2.05) is 0 Å². The second-order valence-corrected chi connectivity index (χ2v) is 4.90. The van der Waals surface area contributed by atoms with E-state index in [4.69, 9.17) is 33.7 Å². The van der Waals surface area contributed by atoms with Gasteiger partial charge in [-0.1, -0.05) is 23.2 Å². The first-order valence-corrected chi connectivity index (χ1v) is 6.47. The number of rotatable bonds is 3. The van der Waals surface area contributed by atoms with Crippen LogP contribution in [0.1, 0.15) is 10.4 Å². The van der Waals surface area contributed by atoms with Crippen LogP contribution in [0.25, 0.3) is 0 Å². The molecule has 0 aromatic heterocycles. The van der Waals surface area contributed by atoms with Crippen molar-refractivity contribution in [2.45, 2.75) is 0 Å². The summed E-state index contributed by atoms with van der Waals surface area (Å²) in [7, 11) is 1.48. The Balaban J connectivity index is 2.32. The molecule has 0 bridgehead atoms. The molecule has 3 N–H and O–H groups in total. The highest BCUT2D eigenvalue weighted by Crippen LogP contribution is 2.27. The van der Waals surface area contributed by atoms with Gasteiger partial charge in [-0.3, -0.25) is 4.79 Å². The largest absolute Gasteiger partial charge is 0.496 e. The average molecular weight is 311 g/mol. The number of hydrogen-bond donors (Lipinski definition) is 2. The second kappa shape index (κ2) is 6.03. The molecule has 2 aromatic carbocycles. The second-order valence-electron chi connectivity index (χ2n) is 4.03. The highest BCUT2D eigenvalue weighted by Gasteiger charge is 2.14. The third-order valence-electron chi connectivity index (χ3n) is 2.67. The smallest absolute Gasteiger partial charge is 0.259 e. The number of anilines is 2. The van der Waals surface area contributed by atoms with E-state index in [1.165, 1.54) is 13.2 Å². The van der Waals surface area contributed by atoms with Gasteiger partial charge in [-0.05, 0) is 36.4 Å². The molecule has 0 spiro atoms. The lowest BCUT2D eigenvalue weighted by Gasteiger charge is -2.11. The Labute approximate surface area is 126 Å². The van der Waals surface area contributed by atoms with E-state index in [0.717, 1.165) is 0 Å². The predicted octanol–water partition coefficient (Wildman–Crippen LogP) is 3.84. The third kappa shape index (κ3) is 3.15. The summed E-state index contributed by atoms with van der Waals surface area (Å²) in [6.07, 6.45) is 0. The quantitative estimate of drug-likeness (QED) is 0.847. The minimum atomic E-state index is -0.377. The van der Waals surface area contributed by atoms with Crippen molar-refractivity contribution in [1.29, 1.82) is 0 Å². The van der Waals surface area contributed by atoms with E-state index in [-0.39, 0.29) is 5.91 Å². The Morgan fingerprint density at radius 3 is 2.50 bits per heavy atom. The standard InChI is InChI=1S/C14H12Cl2N2O2/c1-20-13-5-3-8(15)6-10(13)14(19)18-12-7-9(16)2-4-11(12)17/h2-7H,17H2,1H3,(H,18,19). The van der Waals surface area contributed by atoms with Crippen molar-refractivity contribution < 1.29 is 9.53 Å². The molecule has 0 unspecified atom stereocenters. The zero-order chi connectivity index (χ0) is 14.7. The number of amides is 1. The monoisotopic (exact) mass is 310 g/mol. The van der Waals surface area contributed by atoms with Gasteiger partial charge in [0.1, 0.15) is 5.75 Å². The predicted molar refractivity (Wildman–Crippen MR) is 81.8 cm³/mol. The van der Waals surface area contributed by atoms with Crippen molar-refractivity contribution in [3.63, 3.8) is 0 Å². The molecular formula is C14H12Cl2N2O2. The maximum atomic E-state index is 12.3. The van der Waals surface area contributed by atoms with Crippen LogP contribution in [0.5, 0.6) is 5.75 Å².